The van der Waals surface area contributed by atoms with Gasteiger partial charge in [0, 0.05) is 13.1 Å². The molecule has 2 heterocycles. The van der Waals surface area contributed by atoms with Gasteiger partial charge in [-0.25, -0.2) is 4.98 Å². The van der Waals surface area contributed by atoms with Crippen molar-refractivity contribution >= 4 is 21.9 Å². The first-order valence-corrected chi connectivity index (χ1v) is 6.08. The van der Waals surface area contributed by atoms with Crippen LogP contribution in [-0.2, 0) is 4.74 Å². The summed E-state index contributed by atoms with van der Waals surface area (Å²) in [5.41, 5.74) is 0. The number of aliphatic hydroxyl groups excluding tert-OH is 1. The average molecular weight is 304 g/mol. The monoisotopic (exact) mass is 303 g/mol. The second-order valence-corrected chi connectivity index (χ2v) is 4.50. The summed E-state index contributed by atoms with van der Waals surface area (Å²) in [4.78, 5) is 10.5. The Morgan fingerprint density at radius 2 is 2.53 bits per heavy atom. The van der Waals surface area contributed by atoms with Gasteiger partial charge in [-0.15, -0.1) is 0 Å². The minimum Gasteiger partial charge on any atom is -0.480 e. The number of hydrogen-bond acceptors (Lipinski definition) is 6. The van der Waals surface area contributed by atoms with Crippen LogP contribution < -0.4 is 9.64 Å². The van der Waals surface area contributed by atoms with Crippen molar-refractivity contribution in [3.8, 4) is 5.88 Å². The molecule has 0 aromatic carbocycles. The van der Waals surface area contributed by atoms with Crippen LogP contribution in [0.3, 0.4) is 0 Å². The summed E-state index contributed by atoms with van der Waals surface area (Å²) >= 11 is 3.31. The van der Waals surface area contributed by atoms with Gasteiger partial charge in [0.2, 0.25) is 11.8 Å². The van der Waals surface area contributed by atoms with Crippen LogP contribution in [0.5, 0.6) is 5.88 Å². The molecular weight excluding hydrogens is 290 g/mol. The van der Waals surface area contributed by atoms with Gasteiger partial charge >= 0.3 is 0 Å². The predicted molar refractivity (Wildman–Crippen MR) is 65.3 cm³/mol. The number of hydrogen-bond donors (Lipinski definition) is 1. The van der Waals surface area contributed by atoms with Crippen LogP contribution in [-0.4, -0.2) is 54.6 Å². The molecule has 1 unspecified atom stereocenters. The molecule has 0 radical (unpaired) electrons. The molecular formula is C10H14BrN3O3. The van der Waals surface area contributed by atoms with E-state index in [4.69, 9.17) is 14.6 Å². The number of rotatable bonds is 3. The Balaban J connectivity index is 2.16. The molecule has 0 bridgehead atoms. The number of morpholine rings is 1. The van der Waals surface area contributed by atoms with Gasteiger partial charge in [-0.3, -0.25) is 0 Å². The summed E-state index contributed by atoms with van der Waals surface area (Å²) in [6, 6.07) is 0. The first-order valence-electron chi connectivity index (χ1n) is 5.28. The molecule has 1 atom stereocenters. The number of halogens is 1. The second-order valence-electron chi connectivity index (χ2n) is 3.65. The fourth-order valence-corrected chi connectivity index (χ4v) is 2.00. The highest BCUT2D eigenvalue weighted by molar-refractivity contribution is 9.10. The van der Waals surface area contributed by atoms with Crippen molar-refractivity contribution in [2.24, 2.45) is 0 Å². The van der Waals surface area contributed by atoms with Crippen LogP contribution in [0.1, 0.15) is 0 Å². The molecule has 1 fully saturated rings. The smallest absolute Gasteiger partial charge is 0.232 e. The number of methoxy groups -OCH3 is 1. The standard InChI is InChI=1S/C10H14BrN3O3/c1-16-9-8(11)4-12-10(13-9)14-2-3-17-7(5-14)6-15/h4,7,15H,2-3,5-6H2,1H3. The highest BCUT2D eigenvalue weighted by atomic mass is 79.9. The van der Waals surface area contributed by atoms with Crippen LogP contribution in [0.15, 0.2) is 10.7 Å². The molecule has 94 valence electrons. The first-order chi connectivity index (χ1) is 8.24. The minimum atomic E-state index is -0.179. The van der Waals surface area contributed by atoms with Gasteiger partial charge in [0.15, 0.2) is 0 Å². The second kappa shape index (κ2) is 5.61. The summed E-state index contributed by atoms with van der Waals surface area (Å²) in [5, 5.41) is 9.08. The third-order valence-electron chi connectivity index (χ3n) is 2.52. The van der Waals surface area contributed by atoms with Crippen molar-refractivity contribution in [2.45, 2.75) is 6.10 Å². The van der Waals surface area contributed by atoms with Crippen LogP contribution in [0.2, 0.25) is 0 Å². The molecule has 7 heteroatoms. The normalized spacial score (nSPS) is 20.4. The lowest BCUT2D eigenvalue weighted by Gasteiger charge is -2.32. The topological polar surface area (TPSA) is 67.7 Å². The quantitative estimate of drug-likeness (QED) is 0.874. The number of aliphatic hydroxyl groups is 1. The van der Waals surface area contributed by atoms with Crippen LogP contribution in [0.25, 0.3) is 0 Å². The van der Waals surface area contributed by atoms with Gasteiger partial charge in [0.1, 0.15) is 0 Å². The van der Waals surface area contributed by atoms with Crippen LogP contribution in [0, 0.1) is 0 Å². The number of aromatic nitrogens is 2. The Bertz CT molecular complexity index is 391. The molecule has 1 aromatic rings. The van der Waals surface area contributed by atoms with E-state index >= 15 is 0 Å². The van der Waals surface area contributed by atoms with Crippen molar-refractivity contribution < 1.29 is 14.6 Å². The van der Waals surface area contributed by atoms with Crippen molar-refractivity contribution in [3.63, 3.8) is 0 Å². The predicted octanol–water partition coefficient (Wildman–Crippen LogP) is 0.445. The molecule has 1 aliphatic heterocycles. The van der Waals surface area contributed by atoms with Gasteiger partial charge in [-0.05, 0) is 15.9 Å². The molecule has 2 rings (SSSR count). The zero-order valence-corrected chi connectivity index (χ0v) is 11.1. The summed E-state index contributed by atoms with van der Waals surface area (Å²) in [6.45, 7) is 1.86. The maximum Gasteiger partial charge on any atom is 0.232 e. The van der Waals surface area contributed by atoms with E-state index in [1.807, 2.05) is 4.90 Å². The molecule has 17 heavy (non-hydrogen) atoms. The SMILES string of the molecule is COc1nc(N2CCOC(CO)C2)ncc1Br. The largest absolute Gasteiger partial charge is 0.480 e. The maximum atomic E-state index is 9.08. The van der Waals surface area contributed by atoms with E-state index in [0.717, 1.165) is 4.47 Å². The van der Waals surface area contributed by atoms with Crippen molar-refractivity contribution in [3.05, 3.63) is 10.7 Å². The van der Waals surface area contributed by atoms with E-state index in [2.05, 4.69) is 25.9 Å². The zero-order valence-electron chi connectivity index (χ0n) is 9.47. The fourth-order valence-electron chi connectivity index (χ4n) is 1.65. The fraction of sp³-hybridized carbons (Fsp3) is 0.600. The molecule has 0 aliphatic carbocycles. The number of ether oxygens (including phenoxy) is 2. The first kappa shape index (κ1) is 12.5. The zero-order chi connectivity index (χ0) is 12.3. The summed E-state index contributed by atoms with van der Waals surface area (Å²) in [5.74, 6) is 1.09. The maximum absolute atomic E-state index is 9.08. The Labute approximate surface area is 108 Å². The molecule has 1 saturated heterocycles. The molecule has 0 amide bonds. The van der Waals surface area contributed by atoms with Crippen molar-refractivity contribution in [1.29, 1.82) is 0 Å². The summed E-state index contributed by atoms with van der Waals surface area (Å²) < 4.78 is 11.2. The molecule has 1 N–H and O–H groups in total. The van der Waals surface area contributed by atoms with Crippen molar-refractivity contribution in [2.75, 3.05) is 38.3 Å². The van der Waals surface area contributed by atoms with Gasteiger partial charge in [0.05, 0.1) is 37.1 Å². The summed E-state index contributed by atoms with van der Waals surface area (Å²) in [7, 11) is 1.56. The third-order valence-corrected chi connectivity index (χ3v) is 3.06. The molecule has 1 aliphatic rings. The molecule has 6 nitrogen and oxygen atoms in total. The van der Waals surface area contributed by atoms with E-state index in [-0.39, 0.29) is 12.7 Å². The lowest BCUT2D eigenvalue weighted by atomic mass is 10.3. The molecule has 1 aromatic heterocycles. The van der Waals surface area contributed by atoms with Gasteiger partial charge in [0.25, 0.3) is 0 Å². The minimum absolute atomic E-state index is 0.00413. The Morgan fingerprint density at radius 3 is 3.24 bits per heavy atom. The lowest BCUT2D eigenvalue weighted by molar-refractivity contribution is 0.00311. The molecule has 0 saturated carbocycles. The lowest BCUT2D eigenvalue weighted by Crippen LogP contribution is -2.44. The highest BCUT2D eigenvalue weighted by Crippen LogP contribution is 2.24. The van der Waals surface area contributed by atoms with Gasteiger partial charge in [-0.1, -0.05) is 0 Å². The van der Waals surface area contributed by atoms with Gasteiger partial charge < -0.3 is 19.5 Å². The third kappa shape index (κ3) is 2.85. The molecule has 0 spiro atoms. The average Bonchev–Trinajstić information content (AvgIpc) is 2.39. The van der Waals surface area contributed by atoms with E-state index in [0.29, 0.717) is 31.5 Å². The Kier molecular flexibility index (Phi) is 4.14. The van der Waals surface area contributed by atoms with Gasteiger partial charge in [-0.2, -0.15) is 4.98 Å². The van der Waals surface area contributed by atoms with Crippen molar-refractivity contribution in [1.82, 2.24) is 9.97 Å². The summed E-state index contributed by atoms with van der Waals surface area (Å²) in [6.07, 6.45) is 1.48. The van der Waals surface area contributed by atoms with E-state index < -0.39 is 0 Å². The Hall–Kier alpha value is -0.920. The van der Waals surface area contributed by atoms with Crippen LogP contribution in [0.4, 0.5) is 5.95 Å². The highest BCUT2D eigenvalue weighted by Gasteiger charge is 2.22. The number of nitrogens with zero attached hydrogens (tertiary/aromatic N) is 3. The van der Waals surface area contributed by atoms with Crippen LogP contribution >= 0.6 is 15.9 Å². The van der Waals surface area contributed by atoms with E-state index in [9.17, 15) is 0 Å². The van der Waals surface area contributed by atoms with E-state index in [1.54, 1.807) is 13.3 Å². The Morgan fingerprint density at radius 1 is 1.71 bits per heavy atom. The van der Waals surface area contributed by atoms with E-state index in [1.165, 1.54) is 0 Å². The number of anilines is 1.